The lowest BCUT2D eigenvalue weighted by Crippen LogP contribution is -2.49. The van der Waals surface area contributed by atoms with Gasteiger partial charge in [0, 0.05) is 31.7 Å². The number of carbonyl (C=O) groups is 1. The molecule has 140 valence electrons. The Morgan fingerprint density at radius 1 is 1.15 bits per heavy atom. The molecule has 26 heavy (non-hydrogen) atoms. The Kier molecular flexibility index (Phi) is 5.81. The van der Waals surface area contributed by atoms with Crippen molar-refractivity contribution in [2.75, 3.05) is 37.7 Å². The minimum Gasteiger partial charge on any atom is -0.494 e. The van der Waals surface area contributed by atoms with Crippen LogP contribution in [-0.4, -0.2) is 53.8 Å². The minimum atomic E-state index is 0.0883. The number of aromatic amines is 1. The number of ether oxygens (including phenoxy) is 1. The number of nitrogens with zero attached hydrogens (tertiary/aromatic N) is 3. The van der Waals surface area contributed by atoms with Crippen molar-refractivity contribution in [2.24, 2.45) is 0 Å². The van der Waals surface area contributed by atoms with Crippen LogP contribution in [0.5, 0.6) is 5.75 Å². The first kappa shape index (κ1) is 18.3. The first-order valence-electron chi connectivity index (χ1n) is 9.38. The first-order chi connectivity index (χ1) is 12.6. The molecule has 0 spiro atoms. The Morgan fingerprint density at radius 3 is 2.42 bits per heavy atom. The third-order valence-electron chi connectivity index (χ3n) is 4.84. The van der Waals surface area contributed by atoms with Gasteiger partial charge in [-0.25, -0.2) is 0 Å². The number of rotatable bonds is 6. The zero-order valence-electron chi connectivity index (χ0n) is 15.9. The van der Waals surface area contributed by atoms with E-state index in [2.05, 4.69) is 22.0 Å². The summed E-state index contributed by atoms with van der Waals surface area (Å²) in [6, 6.07) is 7.50. The molecule has 1 aliphatic heterocycles. The summed E-state index contributed by atoms with van der Waals surface area (Å²) in [4.78, 5) is 17.0. The highest BCUT2D eigenvalue weighted by atomic mass is 16.5. The second kappa shape index (κ2) is 8.25. The van der Waals surface area contributed by atoms with Crippen LogP contribution in [0.15, 0.2) is 24.3 Å². The lowest BCUT2D eigenvalue weighted by atomic mass is 10.1. The summed E-state index contributed by atoms with van der Waals surface area (Å²) in [5, 5.41) is 7.30. The van der Waals surface area contributed by atoms with Crippen molar-refractivity contribution in [3.8, 4) is 5.75 Å². The number of benzene rings is 1. The first-order valence-corrected chi connectivity index (χ1v) is 9.38. The molecule has 1 amide bonds. The third-order valence-corrected chi connectivity index (χ3v) is 4.84. The molecule has 1 N–H and O–H groups in total. The lowest BCUT2D eigenvalue weighted by Gasteiger charge is -2.36. The summed E-state index contributed by atoms with van der Waals surface area (Å²) in [6.45, 7) is 10.0. The number of nitrogens with one attached hydrogen (secondary N) is 1. The Labute approximate surface area is 155 Å². The Morgan fingerprint density at radius 2 is 1.85 bits per heavy atom. The van der Waals surface area contributed by atoms with Crippen LogP contribution in [0.25, 0.3) is 0 Å². The van der Waals surface area contributed by atoms with E-state index in [1.165, 1.54) is 5.69 Å². The highest BCUT2D eigenvalue weighted by molar-refractivity contribution is 5.94. The standard InChI is InChI=1S/C20H28N4O2/c1-4-5-14-26-18-8-6-17(7-9-18)20(25)24-12-10-23(11-13-24)19-15(2)21-22-16(19)3/h6-9H,4-5,10-14H2,1-3H3,(H,21,22). The summed E-state index contributed by atoms with van der Waals surface area (Å²) in [5.41, 5.74) is 3.99. The van der Waals surface area contributed by atoms with Gasteiger partial charge in [0.25, 0.3) is 5.91 Å². The number of unbranched alkanes of at least 4 members (excludes halogenated alkanes) is 1. The topological polar surface area (TPSA) is 61.5 Å². The highest BCUT2D eigenvalue weighted by Gasteiger charge is 2.24. The number of aromatic nitrogens is 2. The molecule has 0 aliphatic carbocycles. The summed E-state index contributed by atoms with van der Waals surface area (Å²) >= 11 is 0. The van der Waals surface area contributed by atoms with Crippen molar-refractivity contribution < 1.29 is 9.53 Å². The van der Waals surface area contributed by atoms with Gasteiger partial charge >= 0.3 is 0 Å². The Hall–Kier alpha value is -2.50. The van der Waals surface area contributed by atoms with Crippen molar-refractivity contribution in [1.82, 2.24) is 15.1 Å². The fourth-order valence-corrected chi connectivity index (χ4v) is 3.35. The quantitative estimate of drug-likeness (QED) is 0.808. The van der Waals surface area contributed by atoms with Crippen LogP contribution in [0.3, 0.4) is 0 Å². The van der Waals surface area contributed by atoms with Crippen LogP contribution in [0, 0.1) is 13.8 Å². The van der Waals surface area contributed by atoms with Gasteiger partial charge in [-0.05, 0) is 44.5 Å². The highest BCUT2D eigenvalue weighted by Crippen LogP contribution is 2.24. The van der Waals surface area contributed by atoms with Crippen molar-refractivity contribution in [3.63, 3.8) is 0 Å². The number of hydrogen-bond donors (Lipinski definition) is 1. The van der Waals surface area contributed by atoms with Gasteiger partial charge in [-0.3, -0.25) is 9.89 Å². The molecular weight excluding hydrogens is 328 g/mol. The maximum atomic E-state index is 12.7. The molecule has 0 atom stereocenters. The Bertz CT molecular complexity index is 711. The normalized spacial score (nSPS) is 14.6. The van der Waals surface area contributed by atoms with Crippen molar-refractivity contribution in [1.29, 1.82) is 0 Å². The van der Waals surface area contributed by atoms with Crippen LogP contribution < -0.4 is 9.64 Å². The van der Waals surface area contributed by atoms with E-state index >= 15 is 0 Å². The van der Waals surface area contributed by atoms with E-state index in [0.717, 1.165) is 68.3 Å². The van der Waals surface area contributed by atoms with E-state index in [1.54, 1.807) is 0 Å². The third kappa shape index (κ3) is 4.00. The number of anilines is 1. The van der Waals surface area contributed by atoms with E-state index in [4.69, 9.17) is 4.74 Å². The molecule has 1 aliphatic rings. The predicted molar refractivity (Wildman–Crippen MR) is 103 cm³/mol. The fourth-order valence-electron chi connectivity index (χ4n) is 3.35. The van der Waals surface area contributed by atoms with Gasteiger partial charge in [-0.15, -0.1) is 0 Å². The van der Waals surface area contributed by atoms with Gasteiger partial charge in [0.2, 0.25) is 0 Å². The number of hydrogen-bond acceptors (Lipinski definition) is 4. The molecule has 6 heteroatoms. The van der Waals surface area contributed by atoms with E-state index in [0.29, 0.717) is 0 Å². The molecule has 2 aromatic rings. The molecule has 0 saturated carbocycles. The van der Waals surface area contributed by atoms with Crippen molar-refractivity contribution in [2.45, 2.75) is 33.6 Å². The summed E-state index contributed by atoms with van der Waals surface area (Å²) < 4.78 is 5.66. The van der Waals surface area contributed by atoms with Crippen LogP contribution in [-0.2, 0) is 0 Å². The zero-order chi connectivity index (χ0) is 18.5. The van der Waals surface area contributed by atoms with Crippen molar-refractivity contribution in [3.05, 3.63) is 41.2 Å². The fraction of sp³-hybridized carbons (Fsp3) is 0.500. The molecule has 1 aromatic heterocycles. The molecule has 3 rings (SSSR count). The van der Waals surface area contributed by atoms with E-state index in [-0.39, 0.29) is 5.91 Å². The second-order valence-electron chi connectivity index (χ2n) is 6.79. The molecule has 6 nitrogen and oxygen atoms in total. The summed E-state index contributed by atoms with van der Waals surface area (Å²) in [6.07, 6.45) is 2.15. The molecular formula is C20H28N4O2. The zero-order valence-corrected chi connectivity index (χ0v) is 15.9. The maximum Gasteiger partial charge on any atom is 0.253 e. The van der Waals surface area contributed by atoms with Crippen LogP contribution in [0.1, 0.15) is 41.5 Å². The molecule has 2 heterocycles. The molecule has 0 bridgehead atoms. The molecule has 0 unspecified atom stereocenters. The van der Waals surface area contributed by atoms with Gasteiger partial charge in [0.15, 0.2) is 0 Å². The summed E-state index contributed by atoms with van der Waals surface area (Å²) in [7, 11) is 0. The smallest absolute Gasteiger partial charge is 0.253 e. The molecule has 0 radical (unpaired) electrons. The van der Waals surface area contributed by atoms with Gasteiger partial charge in [0.1, 0.15) is 5.75 Å². The number of H-pyrrole nitrogens is 1. The van der Waals surface area contributed by atoms with Crippen LogP contribution >= 0.6 is 0 Å². The molecule has 1 fully saturated rings. The predicted octanol–water partition coefficient (Wildman–Crippen LogP) is 3.17. The average molecular weight is 356 g/mol. The second-order valence-corrected chi connectivity index (χ2v) is 6.79. The summed E-state index contributed by atoms with van der Waals surface area (Å²) in [5.74, 6) is 0.913. The van der Waals surface area contributed by atoms with Crippen LogP contribution in [0.4, 0.5) is 5.69 Å². The molecule has 1 aromatic carbocycles. The average Bonchev–Trinajstić information content (AvgIpc) is 3.00. The number of carbonyl (C=O) groups excluding carboxylic acids is 1. The number of aryl methyl sites for hydroxylation is 2. The number of piperazine rings is 1. The van der Waals surface area contributed by atoms with Crippen LogP contribution in [0.2, 0.25) is 0 Å². The van der Waals surface area contributed by atoms with Crippen molar-refractivity contribution >= 4 is 11.6 Å². The van der Waals surface area contributed by atoms with Gasteiger partial charge in [-0.1, -0.05) is 13.3 Å². The minimum absolute atomic E-state index is 0.0883. The maximum absolute atomic E-state index is 12.7. The van der Waals surface area contributed by atoms with E-state index in [1.807, 2.05) is 43.0 Å². The monoisotopic (exact) mass is 356 g/mol. The lowest BCUT2D eigenvalue weighted by molar-refractivity contribution is 0.0746. The Balaban J connectivity index is 1.56. The largest absolute Gasteiger partial charge is 0.494 e. The van der Waals surface area contributed by atoms with Gasteiger partial charge in [0.05, 0.1) is 23.7 Å². The van der Waals surface area contributed by atoms with E-state index < -0.39 is 0 Å². The SMILES string of the molecule is CCCCOc1ccc(C(=O)N2CCN(c3c(C)n[nH]c3C)CC2)cc1. The van der Waals surface area contributed by atoms with E-state index in [9.17, 15) is 4.79 Å². The van der Waals surface area contributed by atoms with Gasteiger partial charge in [-0.2, -0.15) is 5.10 Å². The number of amides is 1. The molecule has 1 saturated heterocycles. The van der Waals surface area contributed by atoms with Gasteiger partial charge < -0.3 is 14.5 Å².